The first-order chi connectivity index (χ1) is 6.86. The zero-order valence-corrected chi connectivity index (χ0v) is 7.86. The van der Waals surface area contributed by atoms with Gasteiger partial charge < -0.3 is 4.42 Å². The third-order valence-corrected chi connectivity index (χ3v) is 2.37. The van der Waals surface area contributed by atoms with Gasteiger partial charge in [-0.1, -0.05) is 12.8 Å². The van der Waals surface area contributed by atoms with Gasteiger partial charge in [0.2, 0.25) is 0 Å². The summed E-state index contributed by atoms with van der Waals surface area (Å²) in [6.07, 6.45) is 6.05. The molecule has 1 saturated carbocycles. The summed E-state index contributed by atoms with van der Waals surface area (Å²) in [5, 5.41) is 0. The molecule has 0 saturated heterocycles. The van der Waals surface area contributed by atoms with E-state index in [0.717, 1.165) is 12.8 Å². The summed E-state index contributed by atoms with van der Waals surface area (Å²) < 4.78 is 4.92. The molecule has 0 aliphatic heterocycles. The predicted octanol–water partition coefficient (Wildman–Crippen LogP) is 1.88. The average Bonchev–Trinajstić information content (AvgIpc) is 2.87. The second-order valence-electron chi connectivity index (χ2n) is 3.43. The van der Waals surface area contributed by atoms with E-state index in [-0.39, 0.29) is 17.8 Å². The van der Waals surface area contributed by atoms with Gasteiger partial charge in [0, 0.05) is 0 Å². The van der Waals surface area contributed by atoms with E-state index in [9.17, 15) is 4.79 Å². The van der Waals surface area contributed by atoms with Crippen LogP contribution in [0.5, 0.6) is 0 Å². The molecular weight excluding hydrogens is 182 g/mol. The molecule has 1 aromatic heterocycles. The maximum absolute atomic E-state index is 11.3. The van der Waals surface area contributed by atoms with Gasteiger partial charge in [-0.3, -0.25) is 9.63 Å². The first-order valence-corrected chi connectivity index (χ1v) is 4.86. The second kappa shape index (κ2) is 4.28. The Balaban J connectivity index is 1.78. The average molecular weight is 195 g/mol. The van der Waals surface area contributed by atoms with Crippen LogP contribution in [0.3, 0.4) is 0 Å². The van der Waals surface area contributed by atoms with Gasteiger partial charge in [-0.05, 0) is 25.0 Å². The molecule has 1 aliphatic carbocycles. The summed E-state index contributed by atoms with van der Waals surface area (Å²) in [6.45, 7) is 0. The number of nitrogens with one attached hydrogen (secondary N) is 1. The van der Waals surface area contributed by atoms with E-state index in [1.165, 1.54) is 19.1 Å². The summed E-state index contributed by atoms with van der Waals surface area (Å²) >= 11 is 0. The Morgan fingerprint density at radius 3 is 2.93 bits per heavy atom. The maximum Gasteiger partial charge on any atom is 0.310 e. The largest absolute Gasteiger partial charge is 0.459 e. The van der Waals surface area contributed by atoms with Crippen LogP contribution < -0.4 is 5.48 Å². The first-order valence-electron chi connectivity index (χ1n) is 4.86. The maximum atomic E-state index is 11.3. The number of carbonyl (C=O) groups is 1. The van der Waals surface area contributed by atoms with Crippen LogP contribution in [0.25, 0.3) is 0 Å². The molecule has 4 nitrogen and oxygen atoms in total. The molecule has 0 radical (unpaired) electrons. The molecule has 0 unspecified atom stereocenters. The molecule has 0 aromatic carbocycles. The van der Waals surface area contributed by atoms with Crippen molar-refractivity contribution < 1.29 is 14.0 Å². The summed E-state index contributed by atoms with van der Waals surface area (Å²) in [5.74, 6) is -0.0371. The standard InChI is InChI=1S/C10H13NO3/c12-10(9-6-3-7-13-9)11-14-8-4-1-2-5-8/h3,6-8H,1-2,4-5H2,(H,11,12). The van der Waals surface area contributed by atoms with Crippen molar-refractivity contribution in [3.05, 3.63) is 24.2 Å². The Labute approximate surface area is 82.2 Å². The lowest BCUT2D eigenvalue weighted by Crippen LogP contribution is -2.27. The summed E-state index contributed by atoms with van der Waals surface area (Å²) in [6, 6.07) is 3.28. The van der Waals surface area contributed by atoms with Gasteiger partial charge in [-0.15, -0.1) is 0 Å². The van der Waals surface area contributed by atoms with Crippen LogP contribution in [-0.2, 0) is 4.84 Å². The van der Waals surface area contributed by atoms with Crippen LogP contribution in [0.2, 0.25) is 0 Å². The highest BCUT2D eigenvalue weighted by Crippen LogP contribution is 2.19. The molecule has 0 spiro atoms. The van der Waals surface area contributed by atoms with Gasteiger partial charge in [0.05, 0.1) is 12.4 Å². The Morgan fingerprint density at radius 1 is 1.50 bits per heavy atom. The number of rotatable bonds is 3. The Kier molecular flexibility index (Phi) is 2.84. The van der Waals surface area contributed by atoms with Gasteiger partial charge in [-0.25, -0.2) is 5.48 Å². The van der Waals surface area contributed by atoms with Crippen LogP contribution in [-0.4, -0.2) is 12.0 Å². The monoisotopic (exact) mass is 195 g/mol. The number of hydrogen-bond acceptors (Lipinski definition) is 3. The molecule has 2 rings (SSSR count). The van der Waals surface area contributed by atoms with Crippen molar-refractivity contribution >= 4 is 5.91 Å². The number of furan rings is 1. The van der Waals surface area contributed by atoms with Crippen molar-refractivity contribution in [2.24, 2.45) is 0 Å². The smallest absolute Gasteiger partial charge is 0.310 e. The Hall–Kier alpha value is -1.29. The molecule has 1 amide bonds. The minimum atomic E-state index is -0.318. The quantitative estimate of drug-likeness (QED) is 0.749. The first kappa shape index (κ1) is 9.27. The molecule has 14 heavy (non-hydrogen) atoms. The minimum Gasteiger partial charge on any atom is -0.459 e. The Morgan fingerprint density at radius 2 is 2.29 bits per heavy atom. The zero-order chi connectivity index (χ0) is 9.80. The summed E-state index contributed by atoms with van der Waals surface area (Å²) in [4.78, 5) is 16.6. The molecule has 76 valence electrons. The Bertz CT molecular complexity index is 288. The fourth-order valence-electron chi connectivity index (χ4n) is 1.60. The molecule has 1 fully saturated rings. The van der Waals surface area contributed by atoms with E-state index in [2.05, 4.69) is 5.48 Å². The lowest BCUT2D eigenvalue weighted by atomic mass is 10.3. The molecule has 4 heteroatoms. The lowest BCUT2D eigenvalue weighted by molar-refractivity contribution is -0.0139. The number of hydroxylamine groups is 1. The fourth-order valence-corrected chi connectivity index (χ4v) is 1.60. The van der Waals surface area contributed by atoms with Gasteiger partial charge in [-0.2, -0.15) is 0 Å². The van der Waals surface area contributed by atoms with Gasteiger partial charge in [0.15, 0.2) is 5.76 Å². The number of amides is 1. The van der Waals surface area contributed by atoms with E-state index in [1.807, 2.05) is 0 Å². The van der Waals surface area contributed by atoms with E-state index < -0.39 is 0 Å². The van der Waals surface area contributed by atoms with E-state index in [0.29, 0.717) is 0 Å². The highest BCUT2D eigenvalue weighted by atomic mass is 16.7. The summed E-state index contributed by atoms with van der Waals surface area (Å²) in [5.41, 5.74) is 2.39. The molecule has 1 aromatic rings. The van der Waals surface area contributed by atoms with Gasteiger partial charge >= 0.3 is 5.91 Å². The van der Waals surface area contributed by atoms with E-state index in [4.69, 9.17) is 9.25 Å². The molecular formula is C10H13NO3. The van der Waals surface area contributed by atoms with Crippen LogP contribution in [0, 0.1) is 0 Å². The normalized spacial score (nSPS) is 17.1. The third-order valence-electron chi connectivity index (χ3n) is 2.37. The predicted molar refractivity (Wildman–Crippen MR) is 49.5 cm³/mol. The molecule has 1 N–H and O–H groups in total. The van der Waals surface area contributed by atoms with Crippen molar-refractivity contribution in [2.75, 3.05) is 0 Å². The van der Waals surface area contributed by atoms with Crippen LogP contribution in [0.4, 0.5) is 0 Å². The SMILES string of the molecule is O=C(NOC1CCCC1)c1ccco1. The van der Waals surface area contributed by atoms with Gasteiger partial charge in [0.25, 0.3) is 0 Å². The topological polar surface area (TPSA) is 51.5 Å². The van der Waals surface area contributed by atoms with Crippen molar-refractivity contribution in [3.8, 4) is 0 Å². The number of carbonyl (C=O) groups excluding carboxylic acids is 1. The van der Waals surface area contributed by atoms with Crippen LogP contribution in [0.15, 0.2) is 22.8 Å². The van der Waals surface area contributed by atoms with Crippen molar-refractivity contribution in [1.82, 2.24) is 5.48 Å². The van der Waals surface area contributed by atoms with Crippen LogP contribution >= 0.6 is 0 Å². The molecule has 0 atom stereocenters. The van der Waals surface area contributed by atoms with Gasteiger partial charge in [0.1, 0.15) is 0 Å². The number of hydrogen-bond donors (Lipinski definition) is 1. The zero-order valence-electron chi connectivity index (χ0n) is 7.86. The highest BCUT2D eigenvalue weighted by molar-refractivity contribution is 5.90. The minimum absolute atomic E-state index is 0.175. The lowest BCUT2D eigenvalue weighted by Gasteiger charge is -2.09. The molecule has 1 heterocycles. The van der Waals surface area contributed by atoms with Crippen molar-refractivity contribution in [1.29, 1.82) is 0 Å². The highest BCUT2D eigenvalue weighted by Gasteiger charge is 2.17. The second-order valence-corrected chi connectivity index (χ2v) is 3.43. The van der Waals surface area contributed by atoms with Crippen LogP contribution in [0.1, 0.15) is 36.2 Å². The third kappa shape index (κ3) is 2.14. The molecule has 1 aliphatic rings. The van der Waals surface area contributed by atoms with E-state index in [1.54, 1.807) is 12.1 Å². The molecule has 0 bridgehead atoms. The van der Waals surface area contributed by atoms with Crippen molar-refractivity contribution in [3.63, 3.8) is 0 Å². The fraction of sp³-hybridized carbons (Fsp3) is 0.500. The van der Waals surface area contributed by atoms with E-state index >= 15 is 0 Å². The van der Waals surface area contributed by atoms with Crippen molar-refractivity contribution in [2.45, 2.75) is 31.8 Å². The summed E-state index contributed by atoms with van der Waals surface area (Å²) in [7, 11) is 0.